The van der Waals surface area contributed by atoms with E-state index in [-0.39, 0.29) is 5.56 Å². The smallest absolute Gasteiger partial charge is 0.266 e. The van der Waals surface area contributed by atoms with Crippen LogP contribution in [-0.4, -0.2) is 30.1 Å². The van der Waals surface area contributed by atoms with Gasteiger partial charge in [-0.2, -0.15) is 0 Å². The van der Waals surface area contributed by atoms with Crippen molar-refractivity contribution in [1.29, 1.82) is 0 Å². The molecule has 0 radical (unpaired) electrons. The second kappa shape index (κ2) is 5.12. The van der Waals surface area contributed by atoms with Gasteiger partial charge in [0.1, 0.15) is 0 Å². The lowest BCUT2D eigenvalue weighted by Gasteiger charge is -2.22. The normalized spacial score (nSPS) is 17.3. The SMILES string of the molecule is COc1ccc(=O)n(CC2CCOCC2)n1. The molecule has 0 amide bonds. The van der Waals surface area contributed by atoms with E-state index in [9.17, 15) is 4.79 Å². The van der Waals surface area contributed by atoms with Gasteiger partial charge in [0.25, 0.3) is 5.56 Å². The second-order valence-electron chi connectivity index (χ2n) is 3.95. The third-order valence-electron chi connectivity index (χ3n) is 2.82. The van der Waals surface area contributed by atoms with Gasteiger partial charge in [0, 0.05) is 31.9 Å². The molecule has 1 aromatic rings. The molecule has 0 aliphatic carbocycles. The van der Waals surface area contributed by atoms with Crippen LogP contribution in [0.2, 0.25) is 0 Å². The van der Waals surface area contributed by atoms with Crippen molar-refractivity contribution in [2.45, 2.75) is 19.4 Å². The van der Waals surface area contributed by atoms with E-state index >= 15 is 0 Å². The Morgan fingerprint density at radius 3 is 2.94 bits per heavy atom. The first-order valence-electron chi connectivity index (χ1n) is 5.49. The molecule has 2 rings (SSSR count). The predicted molar refractivity (Wildman–Crippen MR) is 58.6 cm³/mol. The summed E-state index contributed by atoms with van der Waals surface area (Å²) in [6.07, 6.45) is 1.98. The van der Waals surface area contributed by atoms with Crippen molar-refractivity contribution >= 4 is 0 Å². The molecule has 5 nitrogen and oxygen atoms in total. The number of hydrogen-bond donors (Lipinski definition) is 0. The molecule has 0 bridgehead atoms. The quantitative estimate of drug-likeness (QED) is 0.757. The average molecular weight is 224 g/mol. The van der Waals surface area contributed by atoms with Crippen LogP contribution in [0.3, 0.4) is 0 Å². The van der Waals surface area contributed by atoms with Crippen molar-refractivity contribution in [2.24, 2.45) is 5.92 Å². The number of ether oxygens (including phenoxy) is 2. The Hall–Kier alpha value is -1.36. The molecule has 16 heavy (non-hydrogen) atoms. The summed E-state index contributed by atoms with van der Waals surface area (Å²) in [7, 11) is 1.55. The van der Waals surface area contributed by atoms with Crippen LogP contribution >= 0.6 is 0 Å². The van der Waals surface area contributed by atoms with Crippen LogP contribution in [-0.2, 0) is 11.3 Å². The maximum atomic E-state index is 11.6. The van der Waals surface area contributed by atoms with Gasteiger partial charge in [-0.3, -0.25) is 4.79 Å². The van der Waals surface area contributed by atoms with Gasteiger partial charge in [-0.25, -0.2) is 4.68 Å². The lowest BCUT2D eigenvalue weighted by atomic mass is 10.0. The van der Waals surface area contributed by atoms with Crippen molar-refractivity contribution in [3.05, 3.63) is 22.5 Å². The number of methoxy groups -OCH3 is 1. The van der Waals surface area contributed by atoms with E-state index in [2.05, 4.69) is 5.10 Å². The zero-order valence-electron chi connectivity index (χ0n) is 9.39. The summed E-state index contributed by atoms with van der Waals surface area (Å²) < 4.78 is 11.8. The van der Waals surface area contributed by atoms with E-state index in [0.29, 0.717) is 18.3 Å². The second-order valence-corrected chi connectivity index (χ2v) is 3.95. The molecule has 5 heteroatoms. The highest BCUT2D eigenvalue weighted by Crippen LogP contribution is 2.15. The lowest BCUT2D eigenvalue weighted by Crippen LogP contribution is -2.28. The zero-order valence-corrected chi connectivity index (χ0v) is 9.39. The fourth-order valence-corrected chi connectivity index (χ4v) is 1.84. The zero-order chi connectivity index (χ0) is 11.4. The number of rotatable bonds is 3. The molecular formula is C11H16N2O3. The molecule has 0 saturated carbocycles. The molecule has 2 heterocycles. The molecule has 0 unspecified atom stereocenters. The first-order valence-corrected chi connectivity index (χ1v) is 5.49. The first-order chi connectivity index (χ1) is 7.79. The molecule has 1 aromatic heterocycles. The maximum Gasteiger partial charge on any atom is 0.266 e. The van der Waals surface area contributed by atoms with Crippen molar-refractivity contribution < 1.29 is 9.47 Å². The van der Waals surface area contributed by atoms with Crippen LogP contribution < -0.4 is 10.3 Å². The Morgan fingerprint density at radius 1 is 1.50 bits per heavy atom. The Balaban J connectivity index is 2.10. The molecule has 1 saturated heterocycles. The summed E-state index contributed by atoms with van der Waals surface area (Å²) in [6, 6.07) is 3.08. The standard InChI is InChI=1S/C11H16N2O3/c1-15-10-2-3-11(14)13(12-10)8-9-4-6-16-7-5-9/h2-3,9H,4-8H2,1H3. The molecule has 0 atom stereocenters. The fraction of sp³-hybridized carbons (Fsp3) is 0.636. The predicted octanol–water partition coefficient (Wildman–Crippen LogP) is 0.678. The average Bonchev–Trinajstić information content (AvgIpc) is 2.33. The number of nitrogens with zero attached hydrogens (tertiary/aromatic N) is 2. The summed E-state index contributed by atoms with van der Waals surface area (Å²) in [5, 5.41) is 4.13. The third-order valence-corrected chi connectivity index (χ3v) is 2.82. The maximum absolute atomic E-state index is 11.6. The largest absolute Gasteiger partial charge is 0.480 e. The summed E-state index contributed by atoms with van der Waals surface area (Å²) in [4.78, 5) is 11.6. The Morgan fingerprint density at radius 2 is 2.25 bits per heavy atom. The molecule has 1 fully saturated rings. The highest BCUT2D eigenvalue weighted by atomic mass is 16.5. The summed E-state index contributed by atoms with van der Waals surface area (Å²) >= 11 is 0. The highest BCUT2D eigenvalue weighted by Gasteiger charge is 2.15. The van der Waals surface area contributed by atoms with Crippen LogP contribution in [0, 0.1) is 5.92 Å². The topological polar surface area (TPSA) is 53.4 Å². The van der Waals surface area contributed by atoms with Crippen LogP contribution in [0.1, 0.15) is 12.8 Å². The molecule has 1 aliphatic heterocycles. The monoisotopic (exact) mass is 224 g/mol. The molecule has 0 N–H and O–H groups in total. The van der Waals surface area contributed by atoms with Crippen LogP contribution in [0.15, 0.2) is 16.9 Å². The minimum Gasteiger partial charge on any atom is -0.480 e. The van der Waals surface area contributed by atoms with Gasteiger partial charge in [0.05, 0.1) is 7.11 Å². The van der Waals surface area contributed by atoms with E-state index in [1.807, 2.05) is 0 Å². The van der Waals surface area contributed by atoms with Crippen LogP contribution in [0.5, 0.6) is 5.88 Å². The van der Waals surface area contributed by atoms with Gasteiger partial charge in [-0.1, -0.05) is 0 Å². The Kier molecular flexibility index (Phi) is 3.56. The van der Waals surface area contributed by atoms with E-state index in [0.717, 1.165) is 26.1 Å². The van der Waals surface area contributed by atoms with Gasteiger partial charge in [-0.05, 0) is 18.8 Å². The first kappa shape index (κ1) is 11.1. The summed E-state index contributed by atoms with van der Waals surface area (Å²) in [5.41, 5.74) is -0.0766. The molecule has 0 spiro atoms. The fourth-order valence-electron chi connectivity index (χ4n) is 1.84. The molecule has 0 aromatic carbocycles. The van der Waals surface area contributed by atoms with Gasteiger partial charge >= 0.3 is 0 Å². The summed E-state index contributed by atoms with van der Waals surface area (Å²) in [6.45, 7) is 2.21. The Bertz CT molecular complexity index is 396. The van der Waals surface area contributed by atoms with Crippen LogP contribution in [0.25, 0.3) is 0 Å². The van der Waals surface area contributed by atoms with Crippen molar-refractivity contribution in [3.8, 4) is 5.88 Å². The van der Waals surface area contributed by atoms with Crippen molar-refractivity contribution in [3.63, 3.8) is 0 Å². The van der Waals surface area contributed by atoms with Gasteiger partial charge < -0.3 is 9.47 Å². The number of hydrogen-bond acceptors (Lipinski definition) is 4. The van der Waals surface area contributed by atoms with E-state index in [4.69, 9.17) is 9.47 Å². The lowest BCUT2D eigenvalue weighted by molar-refractivity contribution is 0.0595. The molecule has 88 valence electrons. The van der Waals surface area contributed by atoms with E-state index in [1.54, 1.807) is 13.2 Å². The van der Waals surface area contributed by atoms with Crippen molar-refractivity contribution in [2.75, 3.05) is 20.3 Å². The third kappa shape index (κ3) is 2.61. The van der Waals surface area contributed by atoms with Crippen molar-refractivity contribution in [1.82, 2.24) is 9.78 Å². The number of aromatic nitrogens is 2. The minimum absolute atomic E-state index is 0.0766. The summed E-state index contributed by atoms with van der Waals surface area (Å²) in [5.74, 6) is 0.956. The van der Waals surface area contributed by atoms with Gasteiger partial charge in [-0.15, -0.1) is 5.10 Å². The van der Waals surface area contributed by atoms with E-state index in [1.165, 1.54) is 10.7 Å². The van der Waals surface area contributed by atoms with E-state index < -0.39 is 0 Å². The molecule has 1 aliphatic rings. The van der Waals surface area contributed by atoms with Gasteiger partial charge in [0.15, 0.2) is 0 Å². The van der Waals surface area contributed by atoms with Gasteiger partial charge in [0.2, 0.25) is 5.88 Å². The minimum atomic E-state index is -0.0766. The molecular weight excluding hydrogens is 208 g/mol. The Labute approximate surface area is 94.0 Å². The van der Waals surface area contributed by atoms with Crippen LogP contribution in [0.4, 0.5) is 0 Å². The highest BCUT2D eigenvalue weighted by molar-refractivity contribution is 5.06.